The average Bonchev–Trinajstić information content (AvgIpc) is 3.23. The maximum absolute atomic E-state index is 10.9. The topological polar surface area (TPSA) is 77.2 Å². The van der Waals surface area contributed by atoms with Gasteiger partial charge in [0, 0.05) is 38.8 Å². The molecule has 1 saturated heterocycles. The Labute approximate surface area is 226 Å². The first-order valence-electron chi connectivity index (χ1n) is 12.9. The van der Waals surface area contributed by atoms with E-state index in [1.165, 1.54) is 31.2 Å². The minimum absolute atomic E-state index is 0. The highest BCUT2D eigenvalue weighted by atomic mass is 35.5. The monoisotopic (exact) mass is 536 g/mol. The van der Waals surface area contributed by atoms with Gasteiger partial charge in [-0.3, -0.25) is 4.90 Å². The average molecular weight is 538 g/mol. The fourth-order valence-electron chi connectivity index (χ4n) is 4.92. The minimum atomic E-state index is -0.487. The molecule has 6 nitrogen and oxygen atoms in total. The molecule has 0 spiro atoms. The van der Waals surface area contributed by atoms with Crippen LogP contribution in [-0.2, 0) is 11.2 Å². The Morgan fingerprint density at radius 2 is 1.89 bits per heavy atom. The quantitative estimate of drug-likeness (QED) is 0.286. The number of rotatable bonds is 16. The molecule has 1 fully saturated rings. The molecule has 35 heavy (non-hydrogen) atoms. The molecule has 0 bridgehead atoms. The Bertz CT molecular complexity index is 681. The molecule has 0 aromatic heterocycles. The van der Waals surface area contributed by atoms with Crippen molar-refractivity contribution in [1.29, 1.82) is 0 Å². The summed E-state index contributed by atoms with van der Waals surface area (Å²) >= 11 is 0. The van der Waals surface area contributed by atoms with Crippen LogP contribution >= 0.6 is 24.8 Å². The number of nitrogens with two attached hydrogens (primary N) is 1. The second-order valence-electron chi connectivity index (χ2n) is 9.93. The normalized spacial score (nSPS) is 18.5. The van der Waals surface area contributed by atoms with E-state index in [1.807, 2.05) is 6.07 Å². The number of β-amino-alcohol motifs (C(OH)–C–C–N with tert-alkyl or cyclic N) is 1. The van der Waals surface area contributed by atoms with Gasteiger partial charge in [0.15, 0.2) is 11.5 Å². The van der Waals surface area contributed by atoms with Crippen LogP contribution in [0.5, 0.6) is 11.5 Å². The van der Waals surface area contributed by atoms with Gasteiger partial charge in [-0.05, 0) is 68.2 Å². The Morgan fingerprint density at radius 3 is 2.51 bits per heavy atom. The third kappa shape index (κ3) is 11.4. The van der Waals surface area contributed by atoms with Crippen molar-refractivity contribution in [1.82, 2.24) is 4.90 Å². The molecule has 0 radical (unpaired) electrons. The lowest BCUT2D eigenvalue weighted by Gasteiger charge is -2.31. The van der Waals surface area contributed by atoms with Gasteiger partial charge in [-0.2, -0.15) is 0 Å². The molecule has 1 aromatic rings. The zero-order chi connectivity index (χ0) is 24.2. The van der Waals surface area contributed by atoms with E-state index in [9.17, 15) is 5.11 Å². The van der Waals surface area contributed by atoms with Gasteiger partial charge in [0.05, 0.1) is 19.8 Å². The summed E-state index contributed by atoms with van der Waals surface area (Å²) in [5.41, 5.74) is 7.75. The molecule has 8 heteroatoms. The molecule has 0 unspecified atom stereocenters. The van der Waals surface area contributed by atoms with E-state index in [1.54, 1.807) is 14.2 Å². The maximum Gasteiger partial charge on any atom is 0.161 e. The van der Waals surface area contributed by atoms with Crippen LogP contribution in [0.3, 0.4) is 0 Å². The van der Waals surface area contributed by atoms with Crippen LogP contribution in [-0.4, -0.2) is 68.7 Å². The molecule has 206 valence electrons. The Kier molecular flexibility index (Phi) is 18.1. The smallest absolute Gasteiger partial charge is 0.161 e. The molecule has 3 N–H and O–H groups in total. The summed E-state index contributed by atoms with van der Waals surface area (Å²) in [5.74, 6) is 2.37. The summed E-state index contributed by atoms with van der Waals surface area (Å²) in [6.07, 6.45) is 6.94. The molecule has 0 saturated carbocycles. The van der Waals surface area contributed by atoms with Crippen molar-refractivity contribution < 1.29 is 19.3 Å². The lowest BCUT2D eigenvalue weighted by molar-refractivity contribution is 0.0734. The molecule has 1 aliphatic rings. The van der Waals surface area contributed by atoms with E-state index >= 15 is 0 Å². The maximum atomic E-state index is 10.9. The summed E-state index contributed by atoms with van der Waals surface area (Å²) in [6.45, 7) is 9.77. The lowest BCUT2D eigenvalue weighted by Crippen LogP contribution is -2.46. The number of aliphatic hydroxyl groups excluding tert-OH is 1. The highest BCUT2D eigenvalue weighted by Gasteiger charge is 2.29. The number of likely N-dealkylation sites (tertiary alicyclic amines) is 1. The Balaban J connectivity index is 0.00000578. The number of nitrogens with zero attached hydrogens (tertiary/aromatic N) is 1. The second kappa shape index (κ2) is 18.5. The van der Waals surface area contributed by atoms with Gasteiger partial charge in [0.1, 0.15) is 0 Å². The molecule has 4 atom stereocenters. The molecule has 1 aliphatic heterocycles. The molecule has 0 aliphatic carbocycles. The minimum Gasteiger partial charge on any atom is -0.493 e. The summed E-state index contributed by atoms with van der Waals surface area (Å²) in [4.78, 5) is 2.45. The number of halogens is 2. The van der Waals surface area contributed by atoms with Crippen molar-refractivity contribution in [2.45, 2.75) is 83.9 Å². The summed E-state index contributed by atoms with van der Waals surface area (Å²) < 4.78 is 16.6. The van der Waals surface area contributed by atoms with E-state index in [4.69, 9.17) is 19.9 Å². The van der Waals surface area contributed by atoms with E-state index in [0.29, 0.717) is 37.6 Å². The zero-order valence-corrected chi connectivity index (χ0v) is 24.0. The van der Waals surface area contributed by atoms with Gasteiger partial charge >= 0.3 is 0 Å². The van der Waals surface area contributed by atoms with Gasteiger partial charge in [0.25, 0.3) is 0 Å². The van der Waals surface area contributed by atoms with Gasteiger partial charge in [0.2, 0.25) is 0 Å². The molecule has 0 amide bonds. The lowest BCUT2D eigenvalue weighted by atomic mass is 9.83. The molecular formula is C27H50Cl2N2O4. The number of ether oxygens (including phenoxy) is 3. The third-order valence-electron chi connectivity index (χ3n) is 7.03. The largest absolute Gasteiger partial charge is 0.493 e. The van der Waals surface area contributed by atoms with Crippen LogP contribution in [0.2, 0.25) is 0 Å². The van der Waals surface area contributed by atoms with Gasteiger partial charge in [-0.25, -0.2) is 0 Å². The molecular weight excluding hydrogens is 487 g/mol. The fraction of sp³-hybridized carbons (Fsp3) is 0.778. The number of benzene rings is 1. The first kappa shape index (κ1) is 34.2. The van der Waals surface area contributed by atoms with Crippen molar-refractivity contribution in [3.63, 3.8) is 0 Å². The Morgan fingerprint density at radius 1 is 1.14 bits per heavy atom. The SMILES string of the molecule is CCC[C@@H]1CCCN1C[C@H](O)[C@@H](N)C[C@H](Cc1ccc(OC)c(OCCCOC)c1)C(C)C.Cl.Cl. The fourth-order valence-corrected chi connectivity index (χ4v) is 4.92. The number of hydrogen-bond acceptors (Lipinski definition) is 6. The van der Waals surface area contributed by atoms with Crippen molar-refractivity contribution in [3.05, 3.63) is 23.8 Å². The highest BCUT2D eigenvalue weighted by molar-refractivity contribution is 5.85. The van der Waals surface area contributed by atoms with Crippen LogP contribution in [0.15, 0.2) is 18.2 Å². The van der Waals surface area contributed by atoms with Crippen molar-refractivity contribution >= 4 is 24.8 Å². The van der Waals surface area contributed by atoms with Crippen LogP contribution in [0, 0.1) is 11.8 Å². The summed E-state index contributed by atoms with van der Waals surface area (Å²) in [6, 6.07) is 6.57. The van der Waals surface area contributed by atoms with Crippen LogP contribution in [0.1, 0.15) is 64.9 Å². The third-order valence-corrected chi connectivity index (χ3v) is 7.03. The number of methoxy groups -OCH3 is 2. The van der Waals surface area contributed by atoms with Gasteiger partial charge in [-0.15, -0.1) is 24.8 Å². The molecule has 1 heterocycles. The van der Waals surface area contributed by atoms with Crippen LogP contribution < -0.4 is 15.2 Å². The highest BCUT2D eigenvalue weighted by Crippen LogP contribution is 2.31. The van der Waals surface area contributed by atoms with E-state index in [-0.39, 0.29) is 30.9 Å². The van der Waals surface area contributed by atoms with E-state index < -0.39 is 6.10 Å². The van der Waals surface area contributed by atoms with Crippen molar-refractivity contribution in [2.24, 2.45) is 17.6 Å². The predicted octanol–water partition coefficient (Wildman–Crippen LogP) is 5.11. The van der Waals surface area contributed by atoms with Gasteiger partial charge < -0.3 is 25.1 Å². The second-order valence-corrected chi connectivity index (χ2v) is 9.93. The van der Waals surface area contributed by atoms with Crippen molar-refractivity contribution in [2.75, 3.05) is 40.5 Å². The first-order chi connectivity index (χ1) is 15.9. The summed E-state index contributed by atoms with van der Waals surface area (Å²) in [5, 5.41) is 10.9. The number of aliphatic hydroxyl groups is 1. The summed E-state index contributed by atoms with van der Waals surface area (Å²) in [7, 11) is 3.36. The Hall–Kier alpha value is -0.760. The van der Waals surface area contributed by atoms with E-state index in [0.717, 1.165) is 37.3 Å². The van der Waals surface area contributed by atoms with Crippen LogP contribution in [0.25, 0.3) is 0 Å². The standard InChI is InChI=1S/C27H48N2O4.2ClH/c1-6-9-23-10-7-13-29(23)19-25(30)24(28)18-22(20(2)3)16-21-11-12-26(32-5)27(17-21)33-15-8-14-31-4;;/h11-12,17,20,22-25,30H,6-10,13-16,18-19,28H2,1-5H3;2*1H/t22-,23+,24-,25-;;/m0../s1. The van der Waals surface area contributed by atoms with Crippen LogP contribution in [0.4, 0.5) is 0 Å². The van der Waals surface area contributed by atoms with E-state index in [2.05, 4.69) is 37.8 Å². The first-order valence-corrected chi connectivity index (χ1v) is 12.9. The molecule has 1 aromatic carbocycles. The zero-order valence-electron chi connectivity index (χ0n) is 22.4. The predicted molar refractivity (Wildman–Crippen MR) is 150 cm³/mol. The molecule has 2 rings (SSSR count). The number of hydrogen-bond donors (Lipinski definition) is 2. The van der Waals surface area contributed by atoms with Crippen molar-refractivity contribution in [3.8, 4) is 11.5 Å². The van der Waals surface area contributed by atoms with Gasteiger partial charge in [-0.1, -0.05) is 33.3 Å².